The number of nitrogens with one attached hydrogen (secondary N) is 1. The maximum Gasteiger partial charge on any atom is 0.249 e. The lowest BCUT2D eigenvalue weighted by atomic mass is 10.2. The van der Waals surface area contributed by atoms with Crippen molar-refractivity contribution < 1.29 is 13.9 Å². The van der Waals surface area contributed by atoms with Crippen molar-refractivity contribution in [3.05, 3.63) is 53.2 Å². The topological polar surface area (TPSA) is 82.2 Å². The Kier molecular flexibility index (Phi) is 5.06. The number of hydrogen-bond donors (Lipinski definition) is 1. The zero-order chi connectivity index (χ0) is 18.7. The van der Waals surface area contributed by atoms with Crippen molar-refractivity contribution in [2.75, 3.05) is 7.11 Å². The van der Waals surface area contributed by atoms with Crippen LogP contribution in [0.5, 0.6) is 5.75 Å². The third kappa shape index (κ3) is 3.77. The van der Waals surface area contributed by atoms with Gasteiger partial charge in [-0.1, -0.05) is 12.1 Å². The van der Waals surface area contributed by atoms with Crippen molar-refractivity contribution in [2.45, 2.75) is 33.9 Å². The van der Waals surface area contributed by atoms with E-state index in [-0.39, 0.29) is 12.5 Å². The van der Waals surface area contributed by atoms with E-state index in [0.717, 1.165) is 28.3 Å². The lowest BCUT2D eigenvalue weighted by Gasteiger charge is -2.10. The van der Waals surface area contributed by atoms with Crippen molar-refractivity contribution in [1.82, 2.24) is 20.1 Å². The molecular weight excluding hydrogens is 332 g/mol. The van der Waals surface area contributed by atoms with Gasteiger partial charge < -0.3 is 19.0 Å². The Morgan fingerprint density at radius 2 is 1.92 bits per heavy atom. The van der Waals surface area contributed by atoms with Crippen molar-refractivity contribution in [3.8, 4) is 17.2 Å². The molecule has 0 aliphatic heterocycles. The van der Waals surface area contributed by atoms with Gasteiger partial charge in [0.15, 0.2) is 0 Å². The van der Waals surface area contributed by atoms with Crippen molar-refractivity contribution in [2.24, 2.45) is 0 Å². The molecule has 0 unspecified atom stereocenters. The van der Waals surface area contributed by atoms with E-state index in [9.17, 15) is 4.79 Å². The Bertz CT molecular complexity index is 910. The average molecular weight is 354 g/mol. The number of carbonyl (C=O) groups excluding carboxylic acids is 1. The highest BCUT2D eigenvalue weighted by molar-refractivity contribution is 5.76. The molecule has 0 aliphatic carbocycles. The Labute approximate surface area is 152 Å². The summed E-state index contributed by atoms with van der Waals surface area (Å²) in [4.78, 5) is 12.4. The Hall–Kier alpha value is -3.09. The summed E-state index contributed by atoms with van der Waals surface area (Å²) in [5.41, 5.74) is 3.76. The highest BCUT2D eigenvalue weighted by Crippen LogP contribution is 2.25. The van der Waals surface area contributed by atoms with Crippen LogP contribution in [-0.4, -0.2) is 27.8 Å². The van der Waals surface area contributed by atoms with Gasteiger partial charge in [0.25, 0.3) is 0 Å². The van der Waals surface area contributed by atoms with Gasteiger partial charge in [-0.3, -0.25) is 4.79 Å². The minimum absolute atomic E-state index is 0.0594. The van der Waals surface area contributed by atoms with E-state index < -0.39 is 0 Å². The van der Waals surface area contributed by atoms with Gasteiger partial charge in [-0.2, -0.15) is 0 Å². The number of ether oxygens (including phenoxy) is 1. The monoisotopic (exact) mass is 354 g/mol. The molecule has 0 fully saturated rings. The molecule has 3 aromatic rings. The summed E-state index contributed by atoms with van der Waals surface area (Å²) < 4.78 is 12.6. The van der Waals surface area contributed by atoms with Crippen molar-refractivity contribution >= 4 is 5.91 Å². The molecule has 2 heterocycles. The van der Waals surface area contributed by atoms with Crippen LogP contribution in [0, 0.1) is 20.8 Å². The number of aromatic nitrogens is 3. The van der Waals surface area contributed by atoms with Crippen LogP contribution in [0.25, 0.3) is 11.5 Å². The Morgan fingerprint density at radius 1 is 1.19 bits per heavy atom. The number of methoxy groups -OCH3 is 1. The van der Waals surface area contributed by atoms with E-state index in [1.54, 1.807) is 14.0 Å². The standard InChI is InChI=1S/C19H22N4O3/c1-12-9-17(19-22-21-14(3)26-19)13(2)23(12)11-18(24)20-10-15-5-7-16(25-4)8-6-15/h5-9H,10-11H2,1-4H3,(H,20,24). The second kappa shape index (κ2) is 7.43. The predicted molar refractivity (Wildman–Crippen MR) is 96.8 cm³/mol. The van der Waals surface area contributed by atoms with Gasteiger partial charge in [0.05, 0.1) is 12.7 Å². The largest absolute Gasteiger partial charge is 0.497 e. The molecule has 2 aromatic heterocycles. The first-order chi connectivity index (χ1) is 12.5. The van der Waals surface area contributed by atoms with Gasteiger partial charge >= 0.3 is 0 Å². The summed E-state index contributed by atoms with van der Waals surface area (Å²) in [5, 5.41) is 10.9. The molecule has 1 N–H and O–H groups in total. The molecule has 0 radical (unpaired) electrons. The molecule has 7 nitrogen and oxygen atoms in total. The molecule has 26 heavy (non-hydrogen) atoms. The maximum atomic E-state index is 12.4. The van der Waals surface area contributed by atoms with Crippen LogP contribution in [0.3, 0.4) is 0 Å². The summed E-state index contributed by atoms with van der Waals surface area (Å²) in [6.45, 7) is 6.36. The van der Waals surface area contributed by atoms with Crippen LogP contribution in [0.15, 0.2) is 34.7 Å². The van der Waals surface area contributed by atoms with Gasteiger partial charge in [0.1, 0.15) is 12.3 Å². The smallest absolute Gasteiger partial charge is 0.249 e. The molecule has 136 valence electrons. The van der Waals surface area contributed by atoms with Gasteiger partial charge in [0, 0.05) is 24.9 Å². The van der Waals surface area contributed by atoms with Crippen LogP contribution in [0.1, 0.15) is 22.8 Å². The summed E-state index contributed by atoms with van der Waals surface area (Å²) in [7, 11) is 1.63. The minimum Gasteiger partial charge on any atom is -0.497 e. The second-order valence-electron chi connectivity index (χ2n) is 6.12. The number of aryl methyl sites for hydroxylation is 2. The van der Waals surface area contributed by atoms with E-state index in [1.165, 1.54) is 0 Å². The average Bonchev–Trinajstić information content (AvgIpc) is 3.18. The molecule has 0 saturated heterocycles. The number of hydrogen-bond acceptors (Lipinski definition) is 5. The van der Waals surface area contributed by atoms with E-state index in [2.05, 4.69) is 15.5 Å². The number of carbonyl (C=O) groups is 1. The normalized spacial score (nSPS) is 10.8. The lowest BCUT2D eigenvalue weighted by molar-refractivity contribution is -0.121. The van der Waals surface area contributed by atoms with Gasteiger partial charge in [-0.05, 0) is 37.6 Å². The van der Waals surface area contributed by atoms with E-state index in [4.69, 9.17) is 9.15 Å². The first-order valence-corrected chi connectivity index (χ1v) is 8.34. The first-order valence-electron chi connectivity index (χ1n) is 8.34. The predicted octanol–water partition coefficient (Wildman–Crippen LogP) is 2.79. The molecule has 1 aromatic carbocycles. The Balaban J connectivity index is 1.66. The SMILES string of the molecule is COc1ccc(CNC(=O)Cn2c(C)cc(-c3nnc(C)o3)c2C)cc1. The number of amides is 1. The molecule has 0 saturated carbocycles. The van der Waals surface area contributed by atoms with E-state index in [0.29, 0.717) is 18.3 Å². The third-order valence-electron chi connectivity index (χ3n) is 4.28. The zero-order valence-electron chi connectivity index (χ0n) is 15.4. The maximum absolute atomic E-state index is 12.4. The fourth-order valence-corrected chi connectivity index (χ4v) is 2.81. The quantitative estimate of drug-likeness (QED) is 0.736. The summed E-state index contributed by atoms with van der Waals surface area (Å²) >= 11 is 0. The zero-order valence-corrected chi connectivity index (χ0v) is 15.4. The lowest BCUT2D eigenvalue weighted by Crippen LogP contribution is -2.27. The van der Waals surface area contributed by atoms with Gasteiger partial charge in [-0.15, -0.1) is 10.2 Å². The number of rotatable bonds is 6. The van der Waals surface area contributed by atoms with E-state index >= 15 is 0 Å². The van der Waals surface area contributed by atoms with Crippen LogP contribution < -0.4 is 10.1 Å². The first kappa shape index (κ1) is 17.7. The van der Waals surface area contributed by atoms with Crippen LogP contribution in [-0.2, 0) is 17.9 Å². The molecular formula is C19H22N4O3. The number of benzene rings is 1. The summed E-state index contributed by atoms with van der Waals surface area (Å²) in [6.07, 6.45) is 0. The summed E-state index contributed by atoms with van der Waals surface area (Å²) in [6, 6.07) is 9.57. The fraction of sp³-hybridized carbons (Fsp3) is 0.316. The molecule has 3 rings (SSSR count). The highest BCUT2D eigenvalue weighted by atomic mass is 16.5. The highest BCUT2D eigenvalue weighted by Gasteiger charge is 2.17. The van der Waals surface area contributed by atoms with Gasteiger partial charge in [0.2, 0.25) is 17.7 Å². The summed E-state index contributed by atoms with van der Waals surface area (Å²) in [5.74, 6) is 1.72. The fourth-order valence-electron chi connectivity index (χ4n) is 2.81. The van der Waals surface area contributed by atoms with Crippen LogP contribution in [0.4, 0.5) is 0 Å². The molecule has 0 aliphatic rings. The van der Waals surface area contributed by atoms with Crippen molar-refractivity contribution in [1.29, 1.82) is 0 Å². The van der Waals surface area contributed by atoms with Crippen LogP contribution >= 0.6 is 0 Å². The molecule has 7 heteroatoms. The molecule has 0 spiro atoms. The minimum atomic E-state index is -0.0594. The Morgan fingerprint density at radius 3 is 2.54 bits per heavy atom. The molecule has 0 atom stereocenters. The number of nitrogens with zero attached hydrogens (tertiary/aromatic N) is 3. The molecule has 0 bridgehead atoms. The molecule has 1 amide bonds. The van der Waals surface area contributed by atoms with Gasteiger partial charge in [-0.25, -0.2) is 0 Å². The third-order valence-corrected chi connectivity index (χ3v) is 4.28. The van der Waals surface area contributed by atoms with E-state index in [1.807, 2.05) is 48.7 Å². The van der Waals surface area contributed by atoms with Crippen LogP contribution in [0.2, 0.25) is 0 Å². The second-order valence-corrected chi connectivity index (χ2v) is 6.12. The van der Waals surface area contributed by atoms with Crippen molar-refractivity contribution in [3.63, 3.8) is 0 Å².